The van der Waals surface area contributed by atoms with E-state index in [4.69, 9.17) is 21.1 Å². The number of aldehydes is 1. The van der Waals surface area contributed by atoms with E-state index in [9.17, 15) is 4.79 Å². The fourth-order valence-corrected chi connectivity index (χ4v) is 2.91. The number of nitrogens with zero attached hydrogens (tertiary/aromatic N) is 1. The lowest BCUT2D eigenvalue weighted by molar-refractivity contribution is -0.112. The third kappa shape index (κ3) is 2.69. The Morgan fingerprint density at radius 3 is 2.84 bits per heavy atom. The maximum absolute atomic E-state index is 10.7. The number of benzene rings is 1. The van der Waals surface area contributed by atoms with Crippen LogP contribution in [0.2, 0.25) is 5.02 Å². The van der Waals surface area contributed by atoms with E-state index in [1.54, 1.807) is 0 Å². The highest BCUT2D eigenvalue weighted by molar-refractivity contribution is 6.32. The lowest BCUT2D eigenvalue weighted by Gasteiger charge is -2.29. The second kappa shape index (κ2) is 5.39. The molecule has 0 saturated carbocycles. The van der Waals surface area contributed by atoms with E-state index in [-0.39, 0.29) is 12.7 Å². The summed E-state index contributed by atoms with van der Waals surface area (Å²) in [5.74, 6) is 1.60. The Hall–Kier alpha value is -1.26. The number of carbonyl (C=O) groups is 1. The summed E-state index contributed by atoms with van der Waals surface area (Å²) in [6, 6.07) is 3.92. The molecule has 19 heavy (non-hydrogen) atoms. The molecule has 0 spiro atoms. The van der Waals surface area contributed by atoms with Crippen molar-refractivity contribution in [2.24, 2.45) is 5.92 Å². The Labute approximate surface area is 117 Å². The van der Waals surface area contributed by atoms with Gasteiger partial charge in [0.2, 0.25) is 6.79 Å². The standard InChI is InChI=1S/C14H16ClNO3/c15-12-5-11(6-13-14(12)19-9-18-13)7-16-3-1-10(8-17)2-4-16/h5-6,8,10H,1-4,7,9H2. The third-order valence-electron chi connectivity index (χ3n) is 3.72. The average molecular weight is 282 g/mol. The van der Waals surface area contributed by atoms with Crippen LogP contribution in [0.25, 0.3) is 0 Å². The number of carbonyl (C=O) groups excluding carboxylic acids is 1. The average Bonchev–Trinajstić information content (AvgIpc) is 2.88. The summed E-state index contributed by atoms with van der Waals surface area (Å²) in [7, 11) is 0. The summed E-state index contributed by atoms with van der Waals surface area (Å²) < 4.78 is 10.7. The second-order valence-corrected chi connectivity index (χ2v) is 5.47. The summed E-state index contributed by atoms with van der Waals surface area (Å²) in [5.41, 5.74) is 1.12. The molecule has 2 aliphatic heterocycles. The van der Waals surface area contributed by atoms with Crippen molar-refractivity contribution < 1.29 is 14.3 Å². The van der Waals surface area contributed by atoms with Crippen LogP contribution in [0.15, 0.2) is 12.1 Å². The van der Waals surface area contributed by atoms with Gasteiger partial charge in [-0.2, -0.15) is 0 Å². The van der Waals surface area contributed by atoms with Crippen LogP contribution < -0.4 is 9.47 Å². The molecule has 1 fully saturated rings. The molecule has 1 aromatic rings. The van der Waals surface area contributed by atoms with Crippen LogP contribution in [0.1, 0.15) is 18.4 Å². The molecule has 0 aromatic heterocycles. The normalized spacial score (nSPS) is 19.6. The fraction of sp³-hybridized carbons (Fsp3) is 0.500. The number of likely N-dealkylation sites (tertiary alicyclic amines) is 1. The topological polar surface area (TPSA) is 38.8 Å². The van der Waals surface area contributed by atoms with E-state index in [0.717, 1.165) is 50.1 Å². The van der Waals surface area contributed by atoms with E-state index in [2.05, 4.69) is 4.90 Å². The molecule has 5 heteroatoms. The van der Waals surface area contributed by atoms with Gasteiger partial charge in [-0.15, -0.1) is 0 Å². The van der Waals surface area contributed by atoms with Crippen molar-refractivity contribution in [2.75, 3.05) is 19.9 Å². The molecule has 0 bridgehead atoms. The Balaban J connectivity index is 1.67. The van der Waals surface area contributed by atoms with Gasteiger partial charge < -0.3 is 14.3 Å². The Morgan fingerprint density at radius 2 is 2.11 bits per heavy atom. The number of halogens is 1. The number of fused-ring (bicyclic) bond motifs is 1. The van der Waals surface area contributed by atoms with Gasteiger partial charge in [-0.25, -0.2) is 0 Å². The van der Waals surface area contributed by atoms with Crippen LogP contribution in [-0.2, 0) is 11.3 Å². The molecule has 0 N–H and O–H groups in total. The van der Waals surface area contributed by atoms with E-state index in [1.165, 1.54) is 0 Å². The highest BCUT2D eigenvalue weighted by atomic mass is 35.5. The van der Waals surface area contributed by atoms with E-state index in [0.29, 0.717) is 10.8 Å². The minimum absolute atomic E-state index is 0.233. The monoisotopic (exact) mass is 281 g/mol. The van der Waals surface area contributed by atoms with Crippen LogP contribution in [0.5, 0.6) is 11.5 Å². The molecule has 0 unspecified atom stereocenters. The largest absolute Gasteiger partial charge is 0.454 e. The van der Waals surface area contributed by atoms with Crippen molar-refractivity contribution in [3.8, 4) is 11.5 Å². The lowest BCUT2D eigenvalue weighted by Crippen LogP contribution is -2.33. The molecular weight excluding hydrogens is 266 g/mol. The van der Waals surface area contributed by atoms with Crippen LogP contribution in [0.3, 0.4) is 0 Å². The third-order valence-corrected chi connectivity index (χ3v) is 4.00. The zero-order valence-electron chi connectivity index (χ0n) is 10.6. The van der Waals surface area contributed by atoms with Crippen molar-refractivity contribution in [1.29, 1.82) is 0 Å². The highest BCUT2D eigenvalue weighted by Crippen LogP contribution is 2.40. The molecule has 0 atom stereocenters. The van der Waals surface area contributed by atoms with Crippen molar-refractivity contribution in [2.45, 2.75) is 19.4 Å². The fourth-order valence-electron chi connectivity index (χ4n) is 2.62. The van der Waals surface area contributed by atoms with Crippen LogP contribution >= 0.6 is 11.6 Å². The molecule has 3 rings (SSSR count). The maximum Gasteiger partial charge on any atom is 0.231 e. The second-order valence-electron chi connectivity index (χ2n) is 5.06. The highest BCUT2D eigenvalue weighted by Gasteiger charge is 2.21. The van der Waals surface area contributed by atoms with Gasteiger partial charge >= 0.3 is 0 Å². The quantitative estimate of drug-likeness (QED) is 0.798. The number of ether oxygens (including phenoxy) is 2. The number of hydrogen-bond acceptors (Lipinski definition) is 4. The molecule has 0 radical (unpaired) electrons. The van der Waals surface area contributed by atoms with Gasteiger partial charge in [0.05, 0.1) is 5.02 Å². The summed E-state index contributed by atoms with van der Waals surface area (Å²) in [4.78, 5) is 13.1. The first-order valence-electron chi connectivity index (χ1n) is 6.52. The summed E-state index contributed by atoms with van der Waals surface area (Å²) >= 11 is 6.17. The van der Waals surface area contributed by atoms with Gasteiger partial charge in [0, 0.05) is 12.5 Å². The maximum atomic E-state index is 10.7. The van der Waals surface area contributed by atoms with Gasteiger partial charge in [0.25, 0.3) is 0 Å². The first kappa shape index (κ1) is 12.8. The predicted octanol–water partition coefficient (Wildman–Crippen LogP) is 2.48. The van der Waals surface area contributed by atoms with E-state index < -0.39 is 0 Å². The molecule has 0 aliphatic carbocycles. The lowest BCUT2D eigenvalue weighted by atomic mass is 9.98. The van der Waals surface area contributed by atoms with Gasteiger partial charge in [0.15, 0.2) is 11.5 Å². The van der Waals surface area contributed by atoms with Crippen molar-refractivity contribution >= 4 is 17.9 Å². The van der Waals surface area contributed by atoms with Gasteiger partial charge in [-0.05, 0) is 43.6 Å². The molecule has 2 aliphatic rings. The minimum atomic E-state index is 0.233. The van der Waals surface area contributed by atoms with Gasteiger partial charge in [0.1, 0.15) is 6.29 Å². The zero-order valence-corrected chi connectivity index (χ0v) is 11.4. The van der Waals surface area contributed by atoms with Gasteiger partial charge in [-0.1, -0.05) is 11.6 Å². The number of hydrogen-bond donors (Lipinski definition) is 0. The Kier molecular flexibility index (Phi) is 3.62. The van der Waals surface area contributed by atoms with Gasteiger partial charge in [-0.3, -0.25) is 4.90 Å². The zero-order chi connectivity index (χ0) is 13.2. The molecule has 1 aromatic carbocycles. The number of piperidine rings is 1. The molecule has 2 heterocycles. The molecular formula is C14H16ClNO3. The van der Waals surface area contributed by atoms with Crippen LogP contribution in [0, 0.1) is 5.92 Å². The van der Waals surface area contributed by atoms with Crippen molar-refractivity contribution in [3.63, 3.8) is 0 Å². The van der Waals surface area contributed by atoms with E-state index >= 15 is 0 Å². The minimum Gasteiger partial charge on any atom is -0.454 e. The van der Waals surface area contributed by atoms with Crippen molar-refractivity contribution in [1.82, 2.24) is 4.90 Å². The molecule has 4 nitrogen and oxygen atoms in total. The summed E-state index contributed by atoms with van der Waals surface area (Å²) in [6.45, 7) is 2.98. The molecule has 0 amide bonds. The first-order valence-corrected chi connectivity index (χ1v) is 6.90. The van der Waals surface area contributed by atoms with Crippen LogP contribution in [0.4, 0.5) is 0 Å². The van der Waals surface area contributed by atoms with Crippen LogP contribution in [-0.4, -0.2) is 31.1 Å². The SMILES string of the molecule is O=CC1CCN(Cc2cc(Cl)c3c(c2)OCO3)CC1. The Bertz CT molecular complexity index is 484. The van der Waals surface area contributed by atoms with E-state index in [1.807, 2.05) is 12.1 Å². The predicted molar refractivity (Wildman–Crippen MR) is 71.6 cm³/mol. The Morgan fingerprint density at radius 1 is 1.32 bits per heavy atom. The first-order chi connectivity index (χ1) is 9.26. The molecule has 1 saturated heterocycles. The molecule has 102 valence electrons. The number of rotatable bonds is 3. The summed E-state index contributed by atoms with van der Waals surface area (Å²) in [6.07, 6.45) is 2.97. The summed E-state index contributed by atoms with van der Waals surface area (Å²) in [5, 5.41) is 0.604. The van der Waals surface area contributed by atoms with Crippen molar-refractivity contribution in [3.05, 3.63) is 22.7 Å². The smallest absolute Gasteiger partial charge is 0.231 e.